The van der Waals surface area contributed by atoms with Crippen LogP contribution >= 0.6 is 11.8 Å². The van der Waals surface area contributed by atoms with Crippen LogP contribution < -0.4 is 16.1 Å². The Morgan fingerprint density at radius 3 is 2.65 bits per heavy atom. The fourth-order valence-electron chi connectivity index (χ4n) is 3.95. The summed E-state index contributed by atoms with van der Waals surface area (Å²) in [6.45, 7) is 2.68. The number of aromatic amines is 1. The fourth-order valence-corrected chi connectivity index (χ4v) is 4.89. The van der Waals surface area contributed by atoms with E-state index in [1.807, 2.05) is 30.3 Å². The molecule has 0 unspecified atom stereocenters. The van der Waals surface area contributed by atoms with Gasteiger partial charge in [-0.15, -0.1) is 11.8 Å². The molecule has 0 spiro atoms. The third kappa shape index (κ3) is 6.18. The van der Waals surface area contributed by atoms with Crippen molar-refractivity contribution >= 4 is 46.9 Å². The molecule has 0 fully saturated rings. The predicted molar refractivity (Wildman–Crippen MR) is 143 cm³/mol. The Morgan fingerprint density at radius 1 is 1.19 bits per heavy atom. The van der Waals surface area contributed by atoms with Crippen molar-refractivity contribution < 1.29 is 19.5 Å². The highest BCUT2D eigenvalue weighted by atomic mass is 32.2. The van der Waals surface area contributed by atoms with E-state index in [0.717, 1.165) is 47.6 Å². The quantitative estimate of drug-likeness (QED) is 0.171. The van der Waals surface area contributed by atoms with Crippen LogP contribution in [0.3, 0.4) is 0 Å². The molecule has 11 heteroatoms. The minimum Gasteiger partial charge on any atom is -0.478 e. The molecule has 0 aliphatic carbocycles. The number of unbranched alkanes of at least 4 members (excludes halogenated alkanes) is 2. The number of hydrogen-bond donors (Lipinski definition) is 4. The zero-order valence-electron chi connectivity index (χ0n) is 20.4. The summed E-state index contributed by atoms with van der Waals surface area (Å²) < 4.78 is 0. The van der Waals surface area contributed by atoms with E-state index < -0.39 is 11.9 Å². The van der Waals surface area contributed by atoms with Gasteiger partial charge in [0.2, 0.25) is 0 Å². The summed E-state index contributed by atoms with van der Waals surface area (Å²) in [6, 6.07) is 12.7. The van der Waals surface area contributed by atoms with Crippen molar-refractivity contribution in [1.29, 1.82) is 0 Å². The topological polar surface area (TPSA) is 154 Å². The number of nitrogens with zero attached hydrogens (tertiary/aromatic N) is 3. The molecular weight excluding hydrogens is 492 g/mol. The molecule has 0 bridgehead atoms. The number of hydrogen-bond acceptors (Lipinski definition) is 7. The Bertz CT molecular complexity index is 1340. The summed E-state index contributed by atoms with van der Waals surface area (Å²) in [4.78, 5) is 45.9. The van der Waals surface area contributed by atoms with E-state index in [4.69, 9.17) is 10.8 Å². The number of benzene rings is 2. The van der Waals surface area contributed by atoms with Gasteiger partial charge >= 0.3 is 5.97 Å². The first-order valence-electron chi connectivity index (χ1n) is 12.0. The number of rotatable bonds is 11. The van der Waals surface area contributed by atoms with Crippen LogP contribution in [0.25, 0.3) is 0 Å². The first-order chi connectivity index (χ1) is 17.9. The SMILES string of the molecule is CCCCCN1C(=O)C(=NNC(=O)c2c[nH]c(N)n2)c2cc(SCCc3ccc(C(=O)O)cc3)ccc21. The highest BCUT2D eigenvalue weighted by molar-refractivity contribution is 7.99. The van der Waals surface area contributed by atoms with Crippen LogP contribution in [0, 0.1) is 0 Å². The number of nitrogen functional groups attached to an aromatic ring is 1. The second-order valence-electron chi connectivity index (χ2n) is 8.52. The van der Waals surface area contributed by atoms with Gasteiger partial charge in [-0.2, -0.15) is 5.10 Å². The molecule has 1 aromatic heterocycles. The lowest BCUT2D eigenvalue weighted by Crippen LogP contribution is -2.32. The molecule has 4 rings (SSSR count). The average Bonchev–Trinajstić information content (AvgIpc) is 3.44. The van der Waals surface area contributed by atoms with Crippen molar-refractivity contribution in [3.05, 3.63) is 71.0 Å². The Kier molecular flexibility index (Phi) is 8.24. The molecule has 3 aromatic rings. The second kappa shape index (κ2) is 11.7. The smallest absolute Gasteiger partial charge is 0.335 e. The monoisotopic (exact) mass is 520 g/mol. The number of hydrazone groups is 1. The van der Waals surface area contributed by atoms with Crippen LogP contribution in [0.5, 0.6) is 0 Å². The van der Waals surface area contributed by atoms with Gasteiger partial charge in [0.1, 0.15) is 5.69 Å². The van der Waals surface area contributed by atoms with E-state index in [0.29, 0.717) is 12.1 Å². The Labute approximate surface area is 218 Å². The van der Waals surface area contributed by atoms with Gasteiger partial charge in [-0.3, -0.25) is 9.59 Å². The number of aryl methyl sites for hydroxylation is 1. The number of thioether (sulfide) groups is 1. The number of amides is 2. The number of H-pyrrole nitrogens is 1. The van der Waals surface area contributed by atoms with Crippen molar-refractivity contribution in [3.8, 4) is 0 Å². The lowest BCUT2D eigenvalue weighted by atomic mass is 10.1. The molecule has 5 N–H and O–H groups in total. The molecule has 2 heterocycles. The molecule has 0 atom stereocenters. The predicted octanol–water partition coefficient (Wildman–Crippen LogP) is 3.70. The fraction of sp³-hybridized carbons (Fsp3) is 0.269. The number of carboxylic acids is 1. The molecule has 192 valence electrons. The van der Waals surface area contributed by atoms with E-state index in [-0.39, 0.29) is 28.8 Å². The van der Waals surface area contributed by atoms with E-state index >= 15 is 0 Å². The number of aromatic nitrogens is 2. The maximum absolute atomic E-state index is 13.2. The normalized spacial score (nSPS) is 13.7. The average molecular weight is 521 g/mol. The standard InChI is InChI=1S/C26H28N6O4S/c1-2-3-4-12-32-21-10-9-18(37-13-11-16-5-7-17(8-6-16)25(35)36)14-19(21)22(24(32)34)30-31-23(33)20-15-28-26(27)29-20/h5-10,14-15H,2-4,11-13H2,1H3,(H,31,33)(H,35,36)(H3,27,28,29). The summed E-state index contributed by atoms with van der Waals surface area (Å²) in [5.41, 5.74) is 11.0. The molecule has 0 saturated heterocycles. The van der Waals surface area contributed by atoms with E-state index in [2.05, 4.69) is 27.4 Å². The molecule has 10 nitrogen and oxygen atoms in total. The molecular formula is C26H28N6O4S. The number of nitrogens with one attached hydrogen (secondary N) is 2. The molecule has 37 heavy (non-hydrogen) atoms. The van der Waals surface area contributed by atoms with E-state index in [1.165, 1.54) is 6.20 Å². The number of carbonyl (C=O) groups excluding carboxylic acids is 2. The van der Waals surface area contributed by atoms with Gasteiger partial charge in [-0.1, -0.05) is 31.9 Å². The minimum atomic E-state index is -0.945. The molecule has 2 amide bonds. The van der Waals surface area contributed by atoms with Gasteiger partial charge < -0.3 is 20.7 Å². The van der Waals surface area contributed by atoms with Crippen molar-refractivity contribution in [1.82, 2.24) is 15.4 Å². The third-order valence-electron chi connectivity index (χ3n) is 5.91. The zero-order chi connectivity index (χ0) is 26.4. The largest absolute Gasteiger partial charge is 0.478 e. The molecule has 0 saturated carbocycles. The number of imidazole rings is 1. The van der Waals surface area contributed by atoms with Crippen molar-refractivity contribution in [3.63, 3.8) is 0 Å². The number of anilines is 2. The minimum absolute atomic E-state index is 0.0769. The molecule has 1 aliphatic rings. The first-order valence-corrected chi connectivity index (χ1v) is 13.0. The maximum atomic E-state index is 13.2. The highest BCUT2D eigenvalue weighted by Crippen LogP contribution is 2.33. The van der Waals surface area contributed by atoms with Gasteiger partial charge in [0.05, 0.1) is 11.3 Å². The lowest BCUT2D eigenvalue weighted by Gasteiger charge is -2.16. The molecule has 1 aliphatic heterocycles. The van der Waals surface area contributed by atoms with Crippen LogP contribution in [0.1, 0.15) is 58.2 Å². The van der Waals surface area contributed by atoms with Gasteiger partial charge in [-0.25, -0.2) is 15.2 Å². The van der Waals surface area contributed by atoms with Gasteiger partial charge in [0.25, 0.3) is 11.8 Å². The third-order valence-corrected chi connectivity index (χ3v) is 6.90. The van der Waals surface area contributed by atoms with Gasteiger partial charge in [0, 0.05) is 29.0 Å². The van der Waals surface area contributed by atoms with Crippen molar-refractivity contribution in [2.75, 3.05) is 22.9 Å². The number of aromatic carboxylic acids is 1. The Hall–Kier alpha value is -4.12. The number of nitrogens with two attached hydrogens (primary N) is 1. The maximum Gasteiger partial charge on any atom is 0.335 e. The zero-order valence-corrected chi connectivity index (χ0v) is 21.2. The van der Waals surface area contributed by atoms with Crippen LogP contribution in [-0.2, 0) is 11.2 Å². The molecule has 0 radical (unpaired) electrons. The van der Waals surface area contributed by atoms with Crippen molar-refractivity contribution in [2.24, 2.45) is 5.10 Å². The van der Waals surface area contributed by atoms with Crippen LogP contribution in [-0.4, -0.2) is 50.9 Å². The summed E-state index contributed by atoms with van der Waals surface area (Å²) in [7, 11) is 0. The first kappa shape index (κ1) is 26.0. The van der Waals surface area contributed by atoms with Crippen LogP contribution in [0.2, 0.25) is 0 Å². The van der Waals surface area contributed by atoms with Gasteiger partial charge in [-0.05, 0) is 48.7 Å². The number of fused-ring (bicyclic) bond motifs is 1. The van der Waals surface area contributed by atoms with Crippen LogP contribution in [0.15, 0.2) is 58.7 Å². The Morgan fingerprint density at radius 2 is 1.97 bits per heavy atom. The van der Waals surface area contributed by atoms with Gasteiger partial charge in [0.15, 0.2) is 11.7 Å². The number of carboxylic acid groups (broad SMARTS) is 1. The lowest BCUT2D eigenvalue weighted by molar-refractivity contribution is -0.112. The summed E-state index contributed by atoms with van der Waals surface area (Å²) >= 11 is 1.63. The summed E-state index contributed by atoms with van der Waals surface area (Å²) in [5, 5.41) is 13.2. The van der Waals surface area contributed by atoms with Crippen LogP contribution in [0.4, 0.5) is 11.6 Å². The molecule has 2 aromatic carbocycles. The van der Waals surface area contributed by atoms with Crippen molar-refractivity contribution in [2.45, 2.75) is 37.5 Å². The summed E-state index contributed by atoms with van der Waals surface area (Å²) in [6.07, 6.45) is 5.03. The van der Waals surface area contributed by atoms with E-state index in [1.54, 1.807) is 28.8 Å². The number of carbonyl (C=O) groups is 3. The highest BCUT2D eigenvalue weighted by Gasteiger charge is 2.34. The summed E-state index contributed by atoms with van der Waals surface area (Å²) in [5.74, 6) is -0.892. The van der Waals surface area contributed by atoms with E-state index in [9.17, 15) is 14.4 Å². The second-order valence-corrected chi connectivity index (χ2v) is 9.68. The Balaban J connectivity index is 1.50.